The summed E-state index contributed by atoms with van der Waals surface area (Å²) in [7, 11) is 0. The number of anilines is 2. The zero-order valence-electron chi connectivity index (χ0n) is 12.8. The van der Waals surface area contributed by atoms with Gasteiger partial charge in [0.1, 0.15) is 18.0 Å². The van der Waals surface area contributed by atoms with E-state index in [0.29, 0.717) is 0 Å². The van der Waals surface area contributed by atoms with Crippen LogP contribution in [0.4, 0.5) is 11.6 Å². The lowest BCUT2D eigenvalue weighted by Crippen LogP contribution is -2.11. The first-order valence-electron chi connectivity index (χ1n) is 7.50. The molecule has 0 bridgehead atoms. The Morgan fingerprint density at radius 1 is 1.11 bits per heavy atom. The van der Waals surface area contributed by atoms with E-state index in [1.165, 1.54) is 18.4 Å². The summed E-state index contributed by atoms with van der Waals surface area (Å²) in [6, 6.07) is 0. The molecule has 0 spiro atoms. The molecule has 4 nitrogen and oxygen atoms in total. The second-order valence-corrected chi connectivity index (χ2v) is 5.29. The van der Waals surface area contributed by atoms with E-state index in [2.05, 4.69) is 48.3 Å². The first kappa shape index (κ1) is 15.7. The Labute approximate surface area is 117 Å². The maximum Gasteiger partial charge on any atom is 0.134 e. The number of aromatic nitrogens is 2. The molecule has 0 aliphatic rings. The van der Waals surface area contributed by atoms with Crippen molar-refractivity contribution < 1.29 is 0 Å². The highest BCUT2D eigenvalue weighted by molar-refractivity contribution is 5.57. The van der Waals surface area contributed by atoms with Crippen LogP contribution >= 0.6 is 0 Å². The summed E-state index contributed by atoms with van der Waals surface area (Å²) in [6.45, 7) is 10.7. The molecule has 1 heterocycles. The molecule has 1 rings (SSSR count). The Bertz CT molecular complexity index is 363. The van der Waals surface area contributed by atoms with Gasteiger partial charge in [-0.2, -0.15) is 0 Å². The minimum absolute atomic E-state index is 0.764. The van der Waals surface area contributed by atoms with Crippen LogP contribution in [0.1, 0.15) is 52.5 Å². The molecule has 0 fully saturated rings. The zero-order valence-corrected chi connectivity index (χ0v) is 12.8. The van der Waals surface area contributed by atoms with Crippen molar-refractivity contribution in [2.75, 3.05) is 23.7 Å². The lowest BCUT2D eigenvalue weighted by Gasteiger charge is -2.14. The van der Waals surface area contributed by atoms with Gasteiger partial charge in [-0.15, -0.1) is 0 Å². The third kappa shape index (κ3) is 5.45. The highest BCUT2D eigenvalue weighted by Crippen LogP contribution is 2.21. The molecule has 0 aliphatic heterocycles. The van der Waals surface area contributed by atoms with Crippen LogP contribution in [0, 0.1) is 5.92 Å². The van der Waals surface area contributed by atoms with E-state index >= 15 is 0 Å². The molecule has 0 aliphatic carbocycles. The van der Waals surface area contributed by atoms with E-state index in [1.807, 2.05) is 0 Å². The number of hydrogen-bond acceptors (Lipinski definition) is 4. The van der Waals surface area contributed by atoms with Crippen LogP contribution in [0.15, 0.2) is 6.33 Å². The van der Waals surface area contributed by atoms with Crippen molar-refractivity contribution in [3.63, 3.8) is 0 Å². The number of hydrogen-bond donors (Lipinski definition) is 2. The highest BCUT2D eigenvalue weighted by atomic mass is 15.1. The normalized spacial score (nSPS) is 10.8. The fourth-order valence-corrected chi connectivity index (χ4v) is 2.09. The Kier molecular flexibility index (Phi) is 7.23. The van der Waals surface area contributed by atoms with Gasteiger partial charge in [0.05, 0.1) is 0 Å². The highest BCUT2D eigenvalue weighted by Gasteiger charge is 2.09. The van der Waals surface area contributed by atoms with E-state index in [1.54, 1.807) is 6.33 Å². The van der Waals surface area contributed by atoms with Crippen LogP contribution in [0.25, 0.3) is 0 Å². The predicted molar refractivity (Wildman–Crippen MR) is 82.8 cm³/mol. The molecule has 0 amide bonds. The molecule has 0 radical (unpaired) electrons. The van der Waals surface area contributed by atoms with Crippen LogP contribution < -0.4 is 10.6 Å². The monoisotopic (exact) mass is 264 g/mol. The minimum atomic E-state index is 0.764. The maximum atomic E-state index is 4.39. The van der Waals surface area contributed by atoms with Crippen molar-refractivity contribution in [2.24, 2.45) is 5.92 Å². The third-order valence-corrected chi connectivity index (χ3v) is 3.04. The fourth-order valence-electron chi connectivity index (χ4n) is 2.09. The lowest BCUT2D eigenvalue weighted by atomic mass is 10.1. The van der Waals surface area contributed by atoms with Crippen molar-refractivity contribution in [1.29, 1.82) is 0 Å². The van der Waals surface area contributed by atoms with Crippen molar-refractivity contribution in [3.05, 3.63) is 11.9 Å². The standard InChI is InChI=1S/C15H28N4/c1-5-8-13-14(16-6-2)18-11-19-15(13)17-10-7-9-12(3)4/h11-12H,5-10H2,1-4H3,(H2,16,17,18,19). The number of nitrogens with zero attached hydrogens (tertiary/aromatic N) is 2. The molecule has 2 N–H and O–H groups in total. The third-order valence-electron chi connectivity index (χ3n) is 3.04. The van der Waals surface area contributed by atoms with E-state index in [-0.39, 0.29) is 0 Å². The molecular formula is C15H28N4. The molecule has 19 heavy (non-hydrogen) atoms. The minimum Gasteiger partial charge on any atom is -0.370 e. The second kappa shape index (κ2) is 8.73. The molecule has 0 unspecified atom stereocenters. The first-order chi connectivity index (χ1) is 9.19. The Hall–Kier alpha value is -1.32. The van der Waals surface area contributed by atoms with Crippen LogP contribution in [-0.2, 0) is 6.42 Å². The van der Waals surface area contributed by atoms with Gasteiger partial charge in [-0.05, 0) is 32.1 Å². The first-order valence-corrected chi connectivity index (χ1v) is 7.50. The molecule has 0 saturated heterocycles. The average Bonchev–Trinajstić information content (AvgIpc) is 2.38. The molecule has 0 atom stereocenters. The predicted octanol–water partition coefficient (Wildman–Crippen LogP) is 3.71. The van der Waals surface area contributed by atoms with Crippen LogP contribution in [-0.4, -0.2) is 23.1 Å². The lowest BCUT2D eigenvalue weighted by molar-refractivity contribution is 0.566. The molecule has 1 aromatic rings. The van der Waals surface area contributed by atoms with Gasteiger partial charge in [-0.1, -0.05) is 27.2 Å². The van der Waals surface area contributed by atoms with Crippen molar-refractivity contribution in [3.8, 4) is 0 Å². The summed E-state index contributed by atoms with van der Waals surface area (Å²) in [4.78, 5) is 8.74. The van der Waals surface area contributed by atoms with Crippen molar-refractivity contribution in [2.45, 2.75) is 53.4 Å². The summed E-state index contributed by atoms with van der Waals surface area (Å²) < 4.78 is 0. The molecule has 4 heteroatoms. The molecule has 1 aromatic heterocycles. The van der Waals surface area contributed by atoms with Gasteiger partial charge in [0.25, 0.3) is 0 Å². The summed E-state index contributed by atoms with van der Waals surface area (Å²) in [5, 5.41) is 6.78. The number of nitrogens with one attached hydrogen (secondary N) is 2. The van der Waals surface area contributed by atoms with Crippen molar-refractivity contribution in [1.82, 2.24) is 9.97 Å². The largest absolute Gasteiger partial charge is 0.370 e. The summed E-state index contributed by atoms with van der Waals surface area (Å²) >= 11 is 0. The second-order valence-electron chi connectivity index (χ2n) is 5.29. The average molecular weight is 264 g/mol. The van der Waals surface area contributed by atoms with Crippen LogP contribution in [0.5, 0.6) is 0 Å². The fraction of sp³-hybridized carbons (Fsp3) is 0.733. The Balaban J connectivity index is 2.67. The van der Waals surface area contributed by atoms with E-state index in [0.717, 1.165) is 43.5 Å². The van der Waals surface area contributed by atoms with Gasteiger partial charge in [0.15, 0.2) is 0 Å². The Morgan fingerprint density at radius 3 is 2.37 bits per heavy atom. The van der Waals surface area contributed by atoms with Crippen LogP contribution in [0.2, 0.25) is 0 Å². The van der Waals surface area contributed by atoms with Crippen LogP contribution in [0.3, 0.4) is 0 Å². The quantitative estimate of drug-likeness (QED) is 0.668. The SMILES string of the molecule is CCCc1c(NCC)ncnc1NCCCC(C)C. The number of rotatable bonds is 9. The van der Waals surface area contributed by atoms with Crippen molar-refractivity contribution >= 4 is 11.6 Å². The van der Waals surface area contributed by atoms with E-state index < -0.39 is 0 Å². The Morgan fingerprint density at radius 2 is 1.79 bits per heavy atom. The topological polar surface area (TPSA) is 49.8 Å². The summed E-state index contributed by atoms with van der Waals surface area (Å²) in [5.41, 5.74) is 1.22. The summed E-state index contributed by atoms with van der Waals surface area (Å²) in [5.74, 6) is 2.74. The molecule has 0 saturated carbocycles. The molecule has 0 aromatic carbocycles. The van der Waals surface area contributed by atoms with Gasteiger partial charge >= 0.3 is 0 Å². The smallest absolute Gasteiger partial charge is 0.134 e. The van der Waals surface area contributed by atoms with E-state index in [4.69, 9.17) is 0 Å². The van der Waals surface area contributed by atoms with Gasteiger partial charge in [-0.25, -0.2) is 9.97 Å². The molecule has 108 valence electrons. The summed E-state index contributed by atoms with van der Waals surface area (Å²) in [6.07, 6.45) is 6.19. The van der Waals surface area contributed by atoms with Gasteiger partial charge in [0.2, 0.25) is 0 Å². The maximum absolute atomic E-state index is 4.39. The van der Waals surface area contributed by atoms with Gasteiger partial charge < -0.3 is 10.6 Å². The van der Waals surface area contributed by atoms with E-state index in [9.17, 15) is 0 Å². The van der Waals surface area contributed by atoms with Gasteiger partial charge in [-0.3, -0.25) is 0 Å². The van der Waals surface area contributed by atoms with Gasteiger partial charge in [0, 0.05) is 18.7 Å². The molecular weight excluding hydrogens is 236 g/mol. The zero-order chi connectivity index (χ0) is 14.1.